The molecule has 0 aliphatic heterocycles. The van der Waals surface area contributed by atoms with Gasteiger partial charge in [0.2, 0.25) is 5.91 Å². The second-order valence-electron chi connectivity index (χ2n) is 8.77. The molecule has 176 valence electrons. The first-order chi connectivity index (χ1) is 16.0. The Morgan fingerprint density at radius 2 is 1.85 bits per heavy atom. The van der Waals surface area contributed by atoms with Gasteiger partial charge >= 0.3 is 0 Å². The number of carbonyl (C=O) groups excluding carboxylic acids is 1. The van der Waals surface area contributed by atoms with Crippen LogP contribution >= 0.6 is 11.3 Å². The number of rotatable bonds is 8. The Labute approximate surface area is 199 Å². The standard InChI is InChI=1S/C26H34N4O2S/c1-5-18-12-14-19(15-13-18)27-24(31)17(4)30-22(16-29(6-2)7-3)28-25-23(26(30)32)20-10-8-9-11-21(20)33-25/h12-15,17H,5-11,16H2,1-4H3,(H,27,31). The minimum atomic E-state index is -0.662. The quantitative estimate of drug-likeness (QED) is 0.511. The molecule has 1 aliphatic rings. The van der Waals surface area contributed by atoms with Crippen molar-refractivity contribution >= 4 is 33.1 Å². The molecule has 3 aromatic rings. The summed E-state index contributed by atoms with van der Waals surface area (Å²) in [4.78, 5) is 36.4. The Morgan fingerprint density at radius 1 is 1.15 bits per heavy atom. The van der Waals surface area contributed by atoms with Gasteiger partial charge in [-0.2, -0.15) is 0 Å². The molecule has 2 heterocycles. The number of nitrogens with one attached hydrogen (secondary N) is 1. The highest BCUT2D eigenvalue weighted by Crippen LogP contribution is 2.34. The lowest BCUT2D eigenvalue weighted by Gasteiger charge is -2.23. The predicted octanol–water partition coefficient (Wildman–Crippen LogP) is 4.94. The topological polar surface area (TPSA) is 67.2 Å². The van der Waals surface area contributed by atoms with E-state index in [0.717, 1.165) is 66.7 Å². The van der Waals surface area contributed by atoms with Gasteiger partial charge in [0.05, 0.1) is 11.9 Å². The zero-order valence-corrected chi connectivity index (χ0v) is 20.9. The van der Waals surface area contributed by atoms with Crippen LogP contribution in [0.25, 0.3) is 10.2 Å². The highest BCUT2D eigenvalue weighted by Gasteiger charge is 2.27. The van der Waals surface area contributed by atoms with Crippen LogP contribution in [0.3, 0.4) is 0 Å². The van der Waals surface area contributed by atoms with Crippen LogP contribution in [0.2, 0.25) is 0 Å². The molecule has 1 unspecified atom stereocenters. The van der Waals surface area contributed by atoms with Crippen LogP contribution in [-0.2, 0) is 30.6 Å². The van der Waals surface area contributed by atoms with Gasteiger partial charge in [0.25, 0.3) is 5.56 Å². The highest BCUT2D eigenvalue weighted by molar-refractivity contribution is 7.18. The number of hydrogen-bond acceptors (Lipinski definition) is 5. The van der Waals surface area contributed by atoms with Crippen LogP contribution in [-0.4, -0.2) is 33.4 Å². The van der Waals surface area contributed by atoms with Crippen LogP contribution < -0.4 is 10.9 Å². The lowest BCUT2D eigenvalue weighted by molar-refractivity contribution is -0.119. The summed E-state index contributed by atoms with van der Waals surface area (Å²) in [6.45, 7) is 10.4. The van der Waals surface area contributed by atoms with Crippen molar-refractivity contribution in [2.45, 2.75) is 72.4 Å². The predicted molar refractivity (Wildman–Crippen MR) is 136 cm³/mol. The number of aryl methyl sites for hydroxylation is 3. The molecule has 1 atom stereocenters. The van der Waals surface area contributed by atoms with E-state index in [1.165, 1.54) is 10.4 Å². The molecule has 0 bridgehead atoms. The first-order valence-corrected chi connectivity index (χ1v) is 13.0. The molecule has 33 heavy (non-hydrogen) atoms. The van der Waals surface area contributed by atoms with Gasteiger partial charge in [-0.3, -0.25) is 19.1 Å². The molecule has 1 aromatic carbocycles. The molecule has 1 amide bonds. The lowest BCUT2D eigenvalue weighted by Crippen LogP contribution is -2.37. The summed E-state index contributed by atoms with van der Waals surface area (Å²) in [5.41, 5.74) is 3.04. The molecule has 0 radical (unpaired) electrons. The molecular weight excluding hydrogens is 432 g/mol. The monoisotopic (exact) mass is 466 g/mol. The van der Waals surface area contributed by atoms with Gasteiger partial charge in [-0.05, 0) is 75.4 Å². The van der Waals surface area contributed by atoms with E-state index in [9.17, 15) is 9.59 Å². The van der Waals surface area contributed by atoms with Crippen molar-refractivity contribution in [3.05, 3.63) is 56.4 Å². The minimum absolute atomic E-state index is 0.0782. The summed E-state index contributed by atoms with van der Waals surface area (Å²) in [7, 11) is 0. The molecule has 0 saturated heterocycles. The van der Waals surface area contributed by atoms with Gasteiger partial charge < -0.3 is 5.32 Å². The SMILES string of the molecule is CCc1ccc(NC(=O)C(C)n2c(CN(CC)CC)nc3sc4c(c3c2=O)CCCC4)cc1. The smallest absolute Gasteiger partial charge is 0.263 e. The number of thiophene rings is 1. The molecular formula is C26H34N4O2S. The summed E-state index contributed by atoms with van der Waals surface area (Å²) in [6.07, 6.45) is 5.15. The first kappa shape index (κ1) is 23.6. The third-order valence-electron chi connectivity index (χ3n) is 6.75. The minimum Gasteiger partial charge on any atom is -0.324 e. The van der Waals surface area contributed by atoms with E-state index >= 15 is 0 Å². The summed E-state index contributed by atoms with van der Waals surface area (Å²) in [6, 6.07) is 7.21. The Balaban J connectivity index is 1.76. The second-order valence-corrected chi connectivity index (χ2v) is 9.85. The lowest BCUT2D eigenvalue weighted by atomic mass is 9.97. The average molecular weight is 467 g/mol. The largest absolute Gasteiger partial charge is 0.324 e. The number of amides is 1. The zero-order valence-electron chi connectivity index (χ0n) is 20.1. The number of benzene rings is 1. The highest BCUT2D eigenvalue weighted by atomic mass is 32.1. The normalized spacial score (nSPS) is 14.5. The van der Waals surface area contributed by atoms with Crippen LogP contribution in [0.15, 0.2) is 29.1 Å². The molecule has 2 aromatic heterocycles. The number of fused-ring (bicyclic) bond motifs is 3. The van der Waals surface area contributed by atoms with Crippen molar-refractivity contribution in [3.8, 4) is 0 Å². The van der Waals surface area contributed by atoms with Crippen molar-refractivity contribution < 1.29 is 4.79 Å². The molecule has 6 nitrogen and oxygen atoms in total. The third kappa shape index (κ3) is 4.75. The fourth-order valence-corrected chi connectivity index (χ4v) is 5.88. The van der Waals surface area contributed by atoms with Crippen LogP contribution in [0, 0.1) is 0 Å². The summed E-state index contributed by atoms with van der Waals surface area (Å²) >= 11 is 1.66. The Morgan fingerprint density at radius 3 is 2.52 bits per heavy atom. The fourth-order valence-electron chi connectivity index (χ4n) is 4.61. The van der Waals surface area contributed by atoms with Crippen molar-refractivity contribution in [2.24, 2.45) is 0 Å². The Bertz CT molecular complexity index is 1190. The average Bonchev–Trinajstić information content (AvgIpc) is 3.21. The fraction of sp³-hybridized carbons (Fsp3) is 0.500. The van der Waals surface area contributed by atoms with Crippen LogP contribution in [0.1, 0.15) is 68.4 Å². The van der Waals surface area contributed by atoms with Gasteiger partial charge in [-0.25, -0.2) is 4.98 Å². The van der Waals surface area contributed by atoms with Crippen molar-refractivity contribution in [1.82, 2.24) is 14.5 Å². The van der Waals surface area contributed by atoms with E-state index in [1.807, 2.05) is 24.3 Å². The van der Waals surface area contributed by atoms with Crippen molar-refractivity contribution in [3.63, 3.8) is 0 Å². The van der Waals surface area contributed by atoms with Crippen molar-refractivity contribution in [1.29, 1.82) is 0 Å². The van der Waals surface area contributed by atoms with Gasteiger partial charge in [-0.1, -0.05) is 32.9 Å². The summed E-state index contributed by atoms with van der Waals surface area (Å²) in [5, 5.41) is 3.72. The van der Waals surface area contributed by atoms with E-state index in [4.69, 9.17) is 4.98 Å². The number of carbonyl (C=O) groups is 1. The maximum absolute atomic E-state index is 13.9. The maximum Gasteiger partial charge on any atom is 0.263 e. The van der Waals surface area contributed by atoms with E-state index in [0.29, 0.717) is 12.4 Å². The van der Waals surface area contributed by atoms with Gasteiger partial charge in [-0.15, -0.1) is 11.3 Å². The zero-order chi connectivity index (χ0) is 23.5. The molecule has 0 saturated carbocycles. The molecule has 0 spiro atoms. The van der Waals surface area contributed by atoms with E-state index in [1.54, 1.807) is 22.8 Å². The number of aromatic nitrogens is 2. The molecule has 1 aliphatic carbocycles. The van der Waals surface area contributed by atoms with Gasteiger partial charge in [0.15, 0.2) is 0 Å². The number of hydrogen-bond donors (Lipinski definition) is 1. The van der Waals surface area contributed by atoms with E-state index < -0.39 is 6.04 Å². The van der Waals surface area contributed by atoms with E-state index in [-0.39, 0.29) is 11.5 Å². The van der Waals surface area contributed by atoms with Crippen LogP contribution in [0.4, 0.5) is 5.69 Å². The first-order valence-electron chi connectivity index (χ1n) is 12.1. The van der Waals surface area contributed by atoms with Gasteiger partial charge in [0, 0.05) is 10.6 Å². The number of anilines is 1. The molecule has 4 rings (SSSR count). The third-order valence-corrected chi connectivity index (χ3v) is 7.94. The Hall–Kier alpha value is -2.51. The summed E-state index contributed by atoms with van der Waals surface area (Å²) < 4.78 is 1.64. The molecule has 0 fully saturated rings. The number of nitrogens with zero attached hydrogens (tertiary/aromatic N) is 3. The van der Waals surface area contributed by atoms with Gasteiger partial charge in [0.1, 0.15) is 16.7 Å². The van der Waals surface area contributed by atoms with Crippen LogP contribution in [0.5, 0.6) is 0 Å². The summed E-state index contributed by atoms with van der Waals surface area (Å²) in [5.74, 6) is 0.464. The maximum atomic E-state index is 13.9. The molecule has 1 N–H and O–H groups in total. The Kier molecular flexibility index (Phi) is 7.29. The molecule has 7 heteroatoms. The van der Waals surface area contributed by atoms with E-state index in [2.05, 4.69) is 31.0 Å². The van der Waals surface area contributed by atoms with Crippen molar-refractivity contribution in [2.75, 3.05) is 18.4 Å². The second kappa shape index (κ2) is 10.2.